The van der Waals surface area contributed by atoms with Gasteiger partial charge in [-0.2, -0.15) is 0 Å². The van der Waals surface area contributed by atoms with Crippen molar-refractivity contribution in [2.45, 2.75) is 11.8 Å². The zero-order chi connectivity index (χ0) is 18.7. The fourth-order valence-corrected chi connectivity index (χ4v) is 4.44. The first-order chi connectivity index (χ1) is 12.5. The highest BCUT2D eigenvalue weighted by Crippen LogP contribution is 2.40. The molecule has 0 spiro atoms. The van der Waals surface area contributed by atoms with E-state index in [1.807, 2.05) is 35.2 Å². The molecule has 1 fully saturated rings. The molecule has 1 atom stereocenters. The van der Waals surface area contributed by atoms with Gasteiger partial charge >= 0.3 is 0 Å². The van der Waals surface area contributed by atoms with Gasteiger partial charge in [-0.25, -0.2) is 0 Å². The van der Waals surface area contributed by atoms with Gasteiger partial charge in [0.05, 0.1) is 30.0 Å². The fourth-order valence-electron chi connectivity index (χ4n) is 2.92. The average Bonchev–Trinajstić information content (AvgIpc) is 3.02. The van der Waals surface area contributed by atoms with Crippen molar-refractivity contribution in [1.82, 2.24) is 4.90 Å². The second-order valence-electron chi connectivity index (χ2n) is 5.86. The van der Waals surface area contributed by atoms with Crippen molar-refractivity contribution in [3.63, 3.8) is 0 Å². The summed E-state index contributed by atoms with van der Waals surface area (Å²) >= 11 is 13.8. The number of halogens is 2. The number of hydrogen-bond donors (Lipinski definition) is 0. The zero-order valence-corrected chi connectivity index (χ0v) is 16.8. The lowest BCUT2D eigenvalue weighted by molar-refractivity contribution is -0.128. The third-order valence-electron chi connectivity index (χ3n) is 4.29. The first-order valence-electron chi connectivity index (χ1n) is 8.10. The van der Waals surface area contributed by atoms with Crippen LogP contribution in [0.5, 0.6) is 11.5 Å². The number of amides is 1. The van der Waals surface area contributed by atoms with E-state index in [1.165, 1.54) is 0 Å². The van der Waals surface area contributed by atoms with Crippen LogP contribution in [0.2, 0.25) is 10.0 Å². The number of nitrogens with zero attached hydrogens (tertiary/aromatic N) is 1. The van der Waals surface area contributed by atoms with E-state index in [9.17, 15) is 4.79 Å². The van der Waals surface area contributed by atoms with Gasteiger partial charge in [0.2, 0.25) is 5.91 Å². The first kappa shape index (κ1) is 19.2. The molecule has 3 rings (SSSR count). The Labute approximate surface area is 167 Å². The Morgan fingerprint density at radius 2 is 1.85 bits per heavy atom. The van der Waals surface area contributed by atoms with E-state index in [0.29, 0.717) is 33.8 Å². The normalized spacial score (nSPS) is 16.8. The van der Waals surface area contributed by atoms with E-state index < -0.39 is 0 Å². The summed E-state index contributed by atoms with van der Waals surface area (Å²) in [6.45, 7) is 0.617. The number of methoxy groups -OCH3 is 2. The summed E-state index contributed by atoms with van der Waals surface area (Å²) in [4.78, 5) is 14.2. The highest BCUT2D eigenvalue weighted by molar-refractivity contribution is 8.00. The molecule has 0 unspecified atom stereocenters. The minimum atomic E-state index is -0.0441. The third-order valence-corrected chi connectivity index (χ3v) is 6.28. The Bertz CT molecular complexity index is 815. The largest absolute Gasteiger partial charge is 0.493 e. The molecule has 0 bridgehead atoms. The lowest BCUT2D eigenvalue weighted by Gasteiger charge is -2.24. The van der Waals surface area contributed by atoms with Crippen LogP contribution in [-0.2, 0) is 11.2 Å². The number of rotatable bonds is 6. The highest BCUT2D eigenvalue weighted by Gasteiger charge is 2.32. The van der Waals surface area contributed by atoms with Gasteiger partial charge in [0, 0.05) is 6.54 Å². The van der Waals surface area contributed by atoms with E-state index in [4.69, 9.17) is 32.7 Å². The molecule has 0 aliphatic carbocycles. The van der Waals surface area contributed by atoms with Gasteiger partial charge in [-0.05, 0) is 41.8 Å². The van der Waals surface area contributed by atoms with Gasteiger partial charge in [-0.15, -0.1) is 11.8 Å². The Morgan fingerprint density at radius 1 is 1.08 bits per heavy atom. The summed E-state index contributed by atoms with van der Waals surface area (Å²) in [5.41, 5.74) is 2.07. The van der Waals surface area contributed by atoms with Crippen LogP contribution < -0.4 is 9.47 Å². The van der Waals surface area contributed by atoms with Crippen LogP contribution in [0.15, 0.2) is 36.4 Å². The summed E-state index contributed by atoms with van der Waals surface area (Å²) in [6.07, 6.45) is 0.727. The summed E-state index contributed by atoms with van der Waals surface area (Å²) < 4.78 is 10.6. The monoisotopic (exact) mass is 411 g/mol. The van der Waals surface area contributed by atoms with Crippen LogP contribution in [0.1, 0.15) is 16.5 Å². The van der Waals surface area contributed by atoms with Gasteiger partial charge in [-0.1, -0.05) is 35.3 Å². The van der Waals surface area contributed by atoms with E-state index in [0.717, 1.165) is 17.5 Å². The van der Waals surface area contributed by atoms with E-state index in [1.54, 1.807) is 32.0 Å². The summed E-state index contributed by atoms with van der Waals surface area (Å²) in [5.74, 6) is 1.98. The molecule has 7 heteroatoms. The molecular weight excluding hydrogens is 393 g/mol. The van der Waals surface area contributed by atoms with Crippen molar-refractivity contribution < 1.29 is 14.3 Å². The lowest BCUT2D eigenvalue weighted by atomic mass is 10.1. The number of thioether (sulfide) groups is 1. The molecule has 2 aromatic rings. The molecule has 26 heavy (non-hydrogen) atoms. The first-order valence-corrected chi connectivity index (χ1v) is 9.91. The van der Waals surface area contributed by atoms with Gasteiger partial charge in [0.1, 0.15) is 5.37 Å². The van der Waals surface area contributed by atoms with Gasteiger partial charge in [0.25, 0.3) is 0 Å². The van der Waals surface area contributed by atoms with Gasteiger partial charge in [-0.3, -0.25) is 4.79 Å². The predicted molar refractivity (Wildman–Crippen MR) is 107 cm³/mol. The molecule has 0 N–H and O–H groups in total. The SMILES string of the molecule is COc1ccc(CCN2C(=O)CS[C@H]2c2ccc(Cl)c(Cl)c2)cc1OC. The van der Waals surface area contributed by atoms with E-state index in [-0.39, 0.29) is 11.3 Å². The number of carbonyl (C=O) groups is 1. The summed E-state index contributed by atoms with van der Waals surface area (Å²) in [6, 6.07) is 11.3. The minimum absolute atomic E-state index is 0.0441. The Hall–Kier alpha value is -1.56. The molecule has 1 aliphatic rings. The number of benzene rings is 2. The topological polar surface area (TPSA) is 38.8 Å². The maximum atomic E-state index is 12.4. The van der Waals surface area contributed by atoms with Gasteiger partial charge in [0.15, 0.2) is 11.5 Å². The average molecular weight is 412 g/mol. The number of ether oxygens (including phenoxy) is 2. The molecular formula is C19H19Cl2NO3S. The second-order valence-corrected chi connectivity index (χ2v) is 7.75. The predicted octanol–water partition coefficient (Wildman–Crippen LogP) is 4.83. The van der Waals surface area contributed by atoms with Crippen molar-refractivity contribution >= 4 is 40.9 Å². The molecule has 1 saturated heterocycles. The molecule has 1 aliphatic heterocycles. The van der Waals surface area contributed by atoms with Crippen LogP contribution in [-0.4, -0.2) is 37.3 Å². The van der Waals surface area contributed by atoms with Crippen molar-refractivity contribution in [3.8, 4) is 11.5 Å². The number of hydrogen-bond acceptors (Lipinski definition) is 4. The molecule has 4 nitrogen and oxygen atoms in total. The van der Waals surface area contributed by atoms with Crippen molar-refractivity contribution in [1.29, 1.82) is 0 Å². The molecule has 0 saturated carbocycles. The Balaban J connectivity index is 1.75. The lowest BCUT2D eigenvalue weighted by Crippen LogP contribution is -2.30. The quantitative estimate of drug-likeness (QED) is 0.682. The maximum absolute atomic E-state index is 12.4. The van der Waals surface area contributed by atoms with Crippen LogP contribution in [0.4, 0.5) is 0 Å². The molecule has 2 aromatic carbocycles. The molecule has 138 valence electrons. The van der Waals surface area contributed by atoms with Crippen LogP contribution in [0, 0.1) is 0 Å². The zero-order valence-electron chi connectivity index (χ0n) is 14.5. The smallest absolute Gasteiger partial charge is 0.233 e. The van der Waals surface area contributed by atoms with E-state index >= 15 is 0 Å². The van der Waals surface area contributed by atoms with Crippen molar-refractivity contribution in [3.05, 3.63) is 57.6 Å². The third kappa shape index (κ3) is 4.05. The van der Waals surface area contributed by atoms with Crippen LogP contribution >= 0.6 is 35.0 Å². The Kier molecular flexibility index (Phi) is 6.22. The van der Waals surface area contributed by atoms with Crippen LogP contribution in [0.25, 0.3) is 0 Å². The number of carbonyl (C=O) groups excluding carboxylic acids is 1. The van der Waals surface area contributed by atoms with Crippen molar-refractivity contribution in [2.75, 3.05) is 26.5 Å². The minimum Gasteiger partial charge on any atom is -0.493 e. The van der Waals surface area contributed by atoms with Gasteiger partial charge < -0.3 is 14.4 Å². The molecule has 0 radical (unpaired) electrons. The van der Waals surface area contributed by atoms with Crippen molar-refractivity contribution in [2.24, 2.45) is 0 Å². The maximum Gasteiger partial charge on any atom is 0.233 e. The fraction of sp³-hybridized carbons (Fsp3) is 0.316. The Morgan fingerprint density at radius 3 is 2.54 bits per heavy atom. The standard InChI is InChI=1S/C19H19Cl2NO3S/c1-24-16-6-3-12(9-17(16)25-2)7-8-22-18(23)11-26-19(22)13-4-5-14(20)15(21)10-13/h3-6,9-10,19H,7-8,11H2,1-2H3/t19-/m0/s1. The van der Waals surface area contributed by atoms with E-state index in [2.05, 4.69) is 0 Å². The summed E-state index contributed by atoms with van der Waals surface area (Å²) in [5, 5.41) is 0.975. The molecule has 1 amide bonds. The van der Waals surface area contributed by atoms with Crippen LogP contribution in [0.3, 0.4) is 0 Å². The molecule has 0 aromatic heterocycles. The molecule has 1 heterocycles. The highest BCUT2D eigenvalue weighted by atomic mass is 35.5. The summed E-state index contributed by atoms with van der Waals surface area (Å²) in [7, 11) is 3.22. The second kappa shape index (κ2) is 8.42.